The number of primary amides is 1. The van der Waals surface area contributed by atoms with Gasteiger partial charge in [-0.2, -0.15) is 0 Å². The van der Waals surface area contributed by atoms with Gasteiger partial charge >= 0.3 is 0 Å². The number of nitrogens with two attached hydrogens (primary N) is 1. The first-order valence-corrected chi connectivity index (χ1v) is 13.9. The van der Waals surface area contributed by atoms with E-state index in [1.165, 1.54) is 19.0 Å². The number of hydrogen-bond acceptors (Lipinski definition) is 10. The number of halogens is 1. The lowest BCUT2D eigenvalue weighted by molar-refractivity contribution is -0.153. The van der Waals surface area contributed by atoms with E-state index in [0.717, 1.165) is 12.5 Å². The lowest BCUT2D eigenvalue weighted by Gasteiger charge is -2.50. The number of hydrogen-bond donors (Lipinski definition) is 6. The van der Waals surface area contributed by atoms with Crippen molar-refractivity contribution in [1.29, 1.82) is 0 Å². The molecule has 7 N–H and O–H groups in total. The fraction of sp³-hybridized carbons (Fsp3) is 0.517. The maximum atomic E-state index is 15.5. The van der Waals surface area contributed by atoms with Crippen LogP contribution in [0, 0.1) is 17.7 Å². The fourth-order valence-corrected chi connectivity index (χ4v) is 7.27. The molecule has 2 amide bonds. The number of aliphatic hydroxyl groups excluding tert-OH is 2. The van der Waals surface area contributed by atoms with Crippen LogP contribution in [0.25, 0.3) is 5.76 Å². The highest BCUT2D eigenvalue weighted by Crippen LogP contribution is 2.53. The third kappa shape index (κ3) is 4.13. The highest BCUT2D eigenvalue weighted by Gasteiger charge is 2.64. The standard InChI is InChI=1S/C29H35FN4O8/c1-11(2)34-7-5-6-17(34)28(41)32-16-10-15(30)13-8-12-9-14-21(33(3)4)24(37)20(27(31)40)26(39)29(14,42)25(38)18(12)23(36)19(13)22(16)35/h10-12,14,17,21,35-36,39,42H,5-9H2,1-4H3,(H2,31,40)(H,32,41)/t12-,14-,17-,21-,29-/m0/s1. The molecule has 4 aliphatic rings. The van der Waals surface area contributed by atoms with Crippen molar-refractivity contribution in [2.45, 2.75) is 63.3 Å². The first-order chi connectivity index (χ1) is 19.6. The Labute approximate surface area is 241 Å². The fourth-order valence-electron chi connectivity index (χ4n) is 7.27. The van der Waals surface area contributed by atoms with Crippen LogP contribution in [0.1, 0.15) is 44.2 Å². The second kappa shape index (κ2) is 10.2. The highest BCUT2D eigenvalue weighted by atomic mass is 19.1. The number of amides is 2. The number of anilines is 1. The summed E-state index contributed by atoms with van der Waals surface area (Å²) in [5, 5.41) is 47.7. The number of ketones is 2. The number of fused-ring (bicyclic) bond motifs is 3. The van der Waals surface area contributed by atoms with E-state index < -0.39 is 92.7 Å². The third-order valence-electron chi connectivity index (χ3n) is 9.18. The van der Waals surface area contributed by atoms with Gasteiger partial charge in [-0.1, -0.05) is 0 Å². The number of aromatic hydroxyl groups is 1. The van der Waals surface area contributed by atoms with Gasteiger partial charge in [-0.05, 0) is 66.1 Å². The molecule has 1 saturated heterocycles. The molecule has 0 spiro atoms. The lowest BCUT2D eigenvalue weighted by Crippen LogP contribution is -2.65. The van der Waals surface area contributed by atoms with Gasteiger partial charge < -0.3 is 31.5 Å². The Hall–Kier alpha value is -3.81. The van der Waals surface area contributed by atoms with Gasteiger partial charge in [0.05, 0.1) is 23.3 Å². The monoisotopic (exact) mass is 586 g/mol. The van der Waals surface area contributed by atoms with E-state index in [1.54, 1.807) is 0 Å². The number of benzene rings is 1. The van der Waals surface area contributed by atoms with Gasteiger partial charge in [-0.25, -0.2) is 4.39 Å². The van der Waals surface area contributed by atoms with Gasteiger partial charge in [0.2, 0.25) is 11.7 Å². The number of carbonyl (C=O) groups excluding carboxylic acids is 4. The molecule has 0 radical (unpaired) electrons. The van der Waals surface area contributed by atoms with Crippen molar-refractivity contribution in [3.63, 3.8) is 0 Å². The number of carbonyl (C=O) groups is 4. The van der Waals surface area contributed by atoms with E-state index in [0.29, 0.717) is 13.0 Å². The number of Topliss-reactive ketones (excluding diaryl/α,β-unsaturated/α-hetero) is 2. The number of likely N-dealkylation sites (tertiary alicyclic amines) is 1. The van der Waals surface area contributed by atoms with Gasteiger partial charge in [0, 0.05) is 29.2 Å². The van der Waals surface area contributed by atoms with E-state index in [1.807, 2.05) is 18.7 Å². The predicted molar refractivity (Wildman–Crippen MR) is 148 cm³/mol. The largest absolute Gasteiger partial charge is 0.508 e. The summed E-state index contributed by atoms with van der Waals surface area (Å²) in [6.45, 7) is 4.61. The van der Waals surface area contributed by atoms with Crippen molar-refractivity contribution < 1.29 is 44.0 Å². The average Bonchev–Trinajstić information content (AvgIpc) is 3.39. The minimum absolute atomic E-state index is 0.0810. The van der Waals surface area contributed by atoms with Gasteiger partial charge in [-0.15, -0.1) is 0 Å². The summed E-state index contributed by atoms with van der Waals surface area (Å²) < 4.78 is 15.5. The first kappa shape index (κ1) is 29.7. The molecule has 12 nitrogen and oxygen atoms in total. The molecule has 3 aliphatic carbocycles. The van der Waals surface area contributed by atoms with Crippen LogP contribution in [-0.4, -0.2) is 98.0 Å². The van der Waals surface area contributed by atoms with Crippen LogP contribution >= 0.6 is 0 Å². The number of nitrogens with zero attached hydrogens (tertiary/aromatic N) is 2. The Morgan fingerprint density at radius 2 is 1.88 bits per heavy atom. The smallest absolute Gasteiger partial charge is 0.255 e. The van der Waals surface area contributed by atoms with Crippen molar-refractivity contribution in [3.05, 3.63) is 39.9 Å². The number of phenolic OH excluding ortho intramolecular Hbond substituents is 1. The molecule has 5 rings (SSSR count). The number of phenols is 1. The maximum absolute atomic E-state index is 15.5. The van der Waals surface area contributed by atoms with Gasteiger partial charge in [0.1, 0.15) is 22.9 Å². The molecule has 1 aliphatic heterocycles. The number of nitrogens with one attached hydrogen (secondary N) is 1. The summed E-state index contributed by atoms with van der Waals surface area (Å²) >= 11 is 0. The molecule has 2 fully saturated rings. The van der Waals surface area contributed by atoms with Crippen LogP contribution in [0.15, 0.2) is 23.0 Å². The average molecular weight is 587 g/mol. The molecule has 1 aromatic rings. The zero-order valence-electron chi connectivity index (χ0n) is 23.8. The zero-order valence-corrected chi connectivity index (χ0v) is 23.8. The van der Waals surface area contributed by atoms with Crippen molar-refractivity contribution in [3.8, 4) is 5.75 Å². The quantitative estimate of drug-likeness (QED) is 0.213. The van der Waals surface area contributed by atoms with Crippen LogP contribution in [0.4, 0.5) is 10.1 Å². The van der Waals surface area contributed by atoms with Gasteiger partial charge in [0.15, 0.2) is 17.1 Å². The Morgan fingerprint density at radius 3 is 2.48 bits per heavy atom. The second-order valence-electron chi connectivity index (χ2n) is 12.0. The van der Waals surface area contributed by atoms with E-state index in [4.69, 9.17) is 5.73 Å². The highest BCUT2D eigenvalue weighted by molar-refractivity contribution is 6.24. The van der Waals surface area contributed by atoms with Crippen LogP contribution < -0.4 is 11.1 Å². The molecule has 0 bridgehead atoms. The Morgan fingerprint density at radius 1 is 1.21 bits per heavy atom. The molecule has 0 aromatic heterocycles. The summed E-state index contributed by atoms with van der Waals surface area (Å²) in [5.41, 5.74) is 0.380. The zero-order chi connectivity index (χ0) is 31.0. The molecule has 13 heteroatoms. The van der Waals surface area contributed by atoms with Crippen LogP contribution in [-0.2, 0) is 25.6 Å². The summed E-state index contributed by atoms with van der Waals surface area (Å²) in [6.07, 6.45) is 1.02. The number of rotatable bonds is 5. The van der Waals surface area contributed by atoms with E-state index in [2.05, 4.69) is 5.32 Å². The van der Waals surface area contributed by atoms with Gasteiger partial charge in [-0.3, -0.25) is 29.0 Å². The number of aliphatic hydroxyl groups is 3. The van der Waals surface area contributed by atoms with E-state index in [9.17, 15) is 39.6 Å². The molecule has 42 heavy (non-hydrogen) atoms. The maximum Gasteiger partial charge on any atom is 0.255 e. The number of likely N-dealkylation sites (N-methyl/N-ethyl adjacent to an activating group) is 1. The summed E-state index contributed by atoms with van der Waals surface area (Å²) in [6, 6.07) is -0.698. The SMILES string of the molecule is CC(C)N1CCC[C@H]1C(=O)Nc1cc(F)c2c(c1O)C(O)=C1C(=O)[C@]3(O)C(O)=C(C(N)=O)C(=O)[C@@H](N(C)C)[C@@H]3C[C@@H]1C2. The van der Waals surface area contributed by atoms with E-state index >= 15 is 4.39 Å². The minimum Gasteiger partial charge on any atom is -0.508 e. The van der Waals surface area contributed by atoms with Crippen LogP contribution in [0.5, 0.6) is 5.75 Å². The van der Waals surface area contributed by atoms with Gasteiger partial charge in [0.25, 0.3) is 5.91 Å². The normalized spacial score (nSPS) is 29.6. The van der Waals surface area contributed by atoms with Crippen molar-refractivity contribution in [2.24, 2.45) is 17.6 Å². The summed E-state index contributed by atoms with van der Waals surface area (Å²) in [5.74, 6) is -9.57. The molecule has 5 atom stereocenters. The molecular formula is C29H35FN4O8. The molecule has 1 heterocycles. The summed E-state index contributed by atoms with van der Waals surface area (Å²) in [7, 11) is 2.99. The molecule has 226 valence electrons. The summed E-state index contributed by atoms with van der Waals surface area (Å²) in [4.78, 5) is 55.7. The molecule has 0 unspecified atom stereocenters. The lowest BCUT2D eigenvalue weighted by atomic mass is 9.57. The third-order valence-corrected chi connectivity index (χ3v) is 9.18. The Bertz CT molecular complexity index is 1480. The van der Waals surface area contributed by atoms with E-state index in [-0.39, 0.29) is 30.1 Å². The molecular weight excluding hydrogens is 551 g/mol. The second-order valence-corrected chi connectivity index (χ2v) is 12.0. The topological polar surface area (TPSA) is 194 Å². The van der Waals surface area contributed by atoms with Crippen molar-refractivity contribution in [1.82, 2.24) is 9.80 Å². The Kier molecular flexibility index (Phi) is 7.19. The molecule has 1 aromatic carbocycles. The van der Waals surface area contributed by atoms with Crippen LogP contribution in [0.2, 0.25) is 0 Å². The van der Waals surface area contributed by atoms with Crippen molar-refractivity contribution >= 4 is 34.8 Å². The van der Waals surface area contributed by atoms with Crippen molar-refractivity contribution in [2.75, 3.05) is 26.0 Å². The van der Waals surface area contributed by atoms with Crippen LogP contribution in [0.3, 0.4) is 0 Å². The first-order valence-electron chi connectivity index (χ1n) is 13.9. The predicted octanol–water partition coefficient (Wildman–Crippen LogP) is 0.914. The molecule has 1 saturated carbocycles. The Balaban J connectivity index is 1.60. The minimum atomic E-state index is -2.80.